The monoisotopic (exact) mass is 583 g/mol. The third-order valence-corrected chi connectivity index (χ3v) is 8.55. The summed E-state index contributed by atoms with van der Waals surface area (Å²) in [6.07, 6.45) is 0. The van der Waals surface area contributed by atoms with Crippen LogP contribution < -0.4 is 10.1 Å². The predicted octanol–water partition coefficient (Wildman–Crippen LogP) is 6.60. The Hall–Kier alpha value is -4.17. The van der Waals surface area contributed by atoms with Gasteiger partial charge in [-0.1, -0.05) is 101 Å². The summed E-state index contributed by atoms with van der Waals surface area (Å²) in [6.45, 7) is 13.0. The molecule has 1 aliphatic rings. The fourth-order valence-electron chi connectivity index (χ4n) is 6.48. The maximum atomic E-state index is 14.4. The number of carboxylic acids is 1. The predicted molar refractivity (Wildman–Crippen MR) is 166 cm³/mol. The minimum absolute atomic E-state index is 0.0376. The molecule has 1 aromatic heterocycles. The number of fused-ring (bicyclic) bond motifs is 1. The molecule has 5 rings (SSSR count). The van der Waals surface area contributed by atoms with Crippen molar-refractivity contribution in [3.8, 4) is 5.75 Å². The number of aliphatic carboxylic acids is 1. The Balaban J connectivity index is 1.65. The van der Waals surface area contributed by atoms with Crippen LogP contribution in [0.5, 0.6) is 5.75 Å². The summed E-state index contributed by atoms with van der Waals surface area (Å²) in [5, 5.41) is 19.1. The van der Waals surface area contributed by atoms with E-state index in [-0.39, 0.29) is 11.2 Å². The topological polar surface area (TPSA) is 105 Å². The summed E-state index contributed by atoms with van der Waals surface area (Å²) < 4.78 is 11.3. The Bertz CT molecular complexity index is 1620. The van der Waals surface area contributed by atoms with E-state index < -0.39 is 41.3 Å². The van der Waals surface area contributed by atoms with Crippen LogP contribution in [0.3, 0.4) is 0 Å². The molecule has 43 heavy (non-hydrogen) atoms. The largest absolute Gasteiger partial charge is 0.496 e. The molecule has 1 saturated heterocycles. The number of nitrogens with zero attached hydrogens (tertiary/aromatic N) is 2. The minimum atomic E-state index is -1.12. The van der Waals surface area contributed by atoms with Crippen LogP contribution in [-0.2, 0) is 16.8 Å². The van der Waals surface area contributed by atoms with Crippen molar-refractivity contribution in [2.24, 2.45) is 11.3 Å². The van der Waals surface area contributed by atoms with Gasteiger partial charge < -0.3 is 24.6 Å². The van der Waals surface area contributed by atoms with Crippen LogP contribution in [-0.4, -0.2) is 46.2 Å². The van der Waals surface area contributed by atoms with Gasteiger partial charge in [-0.05, 0) is 40.2 Å². The first-order chi connectivity index (χ1) is 20.3. The Morgan fingerprint density at radius 1 is 0.977 bits per heavy atom. The molecule has 8 heteroatoms. The number of carbonyl (C=O) groups excluding carboxylic acids is 1. The van der Waals surface area contributed by atoms with Gasteiger partial charge in [0.1, 0.15) is 17.3 Å². The highest BCUT2D eigenvalue weighted by molar-refractivity contribution is 6.05. The van der Waals surface area contributed by atoms with Crippen LogP contribution in [0.2, 0.25) is 0 Å². The maximum Gasteiger partial charge on any atom is 0.326 e. The Kier molecular flexibility index (Phi) is 8.09. The molecule has 2 N–H and O–H groups in total. The van der Waals surface area contributed by atoms with Gasteiger partial charge in [0.05, 0.1) is 18.5 Å². The second kappa shape index (κ2) is 11.5. The lowest BCUT2D eigenvalue weighted by molar-refractivity contribution is -0.144. The number of hydrogen-bond acceptors (Lipinski definition) is 6. The highest BCUT2D eigenvalue weighted by Crippen LogP contribution is 2.49. The second-order valence-electron chi connectivity index (χ2n) is 13.5. The third-order valence-electron chi connectivity index (χ3n) is 8.55. The highest BCUT2D eigenvalue weighted by atomic mass is 16.5. The van der Waals surface area contributed by atoms with E-state index in [1.54, 1.807) is 19.2 Å². The van der Waals surface area contributed by atoms with E-state index in [4.69, 9.17) is 9.26 Å². The molecule has 1 amide bonds. The van der Waals surface area contributed by atoms with Gasteiger partial charge in [-0.15, -0.1) is 0 Å². The molecule has 1 fully saturated rings. The molecule has 0 bridgehead atoms. The number of carbonyl (C=O) groups is 2. The quantitative estimate of drug-likeness (QED) is 0.252. The number of methoxy groups -OCH3 is 1. The van der Waals surface area contributed by atoms with E-state index in [1.807, 2.05) is 69.3 Å². The average Bonchev–Trinajstić information content (AvgIpc) is 3.55. The van der Waals surface area contributed by atoms with Gasteiger partial charge in [-0.25, -0.2) is 4.79 Å². The van der Waals surface area contributed by atoms with Gasteiger partial charge in [-0.2, -0.15) is 0 Å². The number of aromatic nitrogens is 1. The van der Waals surface area contributed by atoms with Crippen molar-refractivity contribution < 1.29 is 24.0 Å². The van der Waals surface area contributed by atoms with E-state index in [0.717, 1.165) is 16.9 Å². The third kappa shape index (κ3) is 5.76. The van der Waals surface area contributed by atoms with E-state index in [1.165, 1.54) is 10.5 Å². The number of nitrogens with one attached hydrogen (secondary N) is 1. The number of benzene rings is 3. The first-order valence-corrected chi connectivity index (χ1v) is 14.7. The molecule has 0 aliphatic carbocycles. The van der Waals surface area contributed by atoms with Crippen molar-refractivity contribution in [3.63, 3.8) is 0 Å². The van der Waals surface area contributed by atoms with Crippen molar-refractivity contribution in [1.29, 1.82) is 0 Å². The Morgan fingerprint density at radius 2 is 1.65 bits per heavy atom. The molecule has 0 saturated carbocycles. The normalized spacial score (nSPS) is 20.9. The number of carboxylic acid groups (broad SMARTS) is 1. The van der Waals surface area contributed by atoms with Crippen LogP contribution in [0.15, 0.2) is 77.3 Å². The molecule has 4 aromatic rings. The molecular formula is C35H41N3O5. The Morgan fingerprint density at radius 3 is 2.28 bits per heavy atom. The fraction of sp³-hybridized carbons (Fsp3) is 0.400. The molecule has 1 aliphatic heterocycles. The molecular weight excluding hydrogens is 542 g/mol. The number of rotatable bonds is 7. The SMILES string of the molecule is COc1ccc(C(C)(C)C)cc1CN[C@H]1[C@H](C(C)(C)C)[C@@H](C(=O)O)N(C(=O)c2onc3ccccc23)[C@H]1c1ccccc1. The number of likely N-dealkylation sites (tertiary alicyclic amines) is 1. The first-order valence-electron chi connectivity index (χ1n) is 14.7. The van der Waals surface area contributed by atoms with E-state index in [2.05, 4.69) is 43.4 Å². The van der Waals surface area contributed by atoms with Crippen molar-refractivity contribution in [3.05, 3.63) is 95.2 Å². The second-order valence-corrected chi connectivity index (χ2v) is 13.5. The van der Waals surface area contributed by atoms with Gasteiger partial charge in [0.15, 0.2) is 0 Å². The minimum Gasteiger partial charge on any atom is -0.496 e. The van der Waals surface area contributed by atoms with Gasteiger partial charge in [0.2, 0.25) is 5.76 Å². The van der Waals surface area contributed by atoms with Gasteiger partial charge in [-0.3, -0.25) is 4.79 Å². The van der Waals surface area contributed by atoms with Crippen molar-refractivity contribution in [1.82, 2.24) is 15.4 Å². The molecule has 0 unspecified atom stereocenters. The molecule has 8 nitrogen and oxygen atoms in total. The van der Waals surface area contributed by atoms with Crippen molar-refractivity contribution >= 4 is 22.8 Å². The summed E-state index contributed by atoms with van der Waals surface area (Å²) in [5.74, 6) is -1.23. The summed E-state index contributed by atoms with van der Waals surface area (Å²) >= 11 is 0. The first kappa shape index (κ1) is 30.3. The van der Waals surface area contributed by atoms with E-state index in [0.29, 0.717) is 17.4 Å². The summed E-state index contributed by atoms with van der Waals surface area (Å²) in [4.78, 5) is 29.1. The fourth-order valence-corrected chi connectivity index (χ4v) is 6.48. The summed E-state index contributed by atoms with van der Waals surface area (Å²) in [5.41, 5.74) is 2.97. The van der Waals surface area contributed by atoms with Gasteiger partial charge in [0, 0.05) is 24.1 Å². The molecule has 0 radical (unpaired) electrons. The lowest BCUT2D eigenvalue weighted by Crippen LogP contribution is -2.48. The summed E-state index contributed by atoms with van der Waals surface area (Å²) in [6, 6.07) is 20.9. The smallest absolute Gasteiger partial charge is 0.326 e. The maximum absolute atomic E-state index is 14.4. The van der Waals surface area contributed by atoms with Crippen molar-refractivity contribution in [2.75, 3.05) is 7.11 Å². The van der Waals surface area contributed by atoms with Gasteiger partial charge >= 0.3 is 5.97 Å². The standard InChI is InChI=1S/C35H41N3O5/c1-34(2,3)23-17-18-26(42-7)22(19-23)20-36-28-27(35(4,5)6)30(33(40)41)38(29(28)21-13-9-8-10-14-21)32(39)31-24-15-11-12-16-25(24)37-43-31/h8-19,27-30,36H,20H2,1-7H3,(H,40,41)/t27-,28-,29-,30-/m0/s1. The number of hydrogen-bond donors (Lipinski definition) is 2. The number of amides is 1. The van der Waals surface area contributed by atoms with Crippen molar-refractivity contribution in [2.45, 2.75) is 71.6 Å². The van der Waals surface area contributed by atoms with Crippen LogP contribution in [0.4, 0.5) is 0 Å². The Labute approximate surface area is 253 Å². The van der Waals surface area contributed by atoms with Crippen LogP contribution in [0, 0.1) is 11.3 Å². The molecule has 2 heterocycles. The lowest BCUT2D eigenvalue weighted by Gasteiger charge is -2.35. The molecule has 226 valence electrons. The lowest BCUT2D eigenvalue weighted by atomic mass is 9.72. The molecule has 4 atom stereocenters. The molecule has 3 aromatic carbocycles. The van der Waals surface area contributed by atoms with E-state index >= 15 is 0 Å². The zero-order valence-corrected chi connectivity index (χ0v) is 25.9. The zero-order valence-electron chi connectivity index (χ0n) is 25.9. The van der Waals surface area contributed by atoms with Crippen LogP contribution >= 0.6 is 0 Å². The number of ether oxygens (including phenoxy) is 1. The van der Waals surface area contributed by atoms with Crippen LogP contribution in [0.25, 0.3) is 10.9 Å². The zero-order chi connectivity index (χ0) is 31.1. The highest BCUT2D eigenvalue weighted by Gasteiger charge is 2.58. The summed E-state index contributed by atoms with van der Waals surface area (Å²) in [7, 11) is 1.65. The molecule has 0 spiro atoms. The average molecular weight is 584 g/mol. The van der Waals surface area contributed by atoms with Crippen LogP contribution in [0.1, 0.15) is 74.8 Å². The van der Waals surface area contributed by atoms with Gasteiger partial charge in [0.25, 0.3) is 5.91 Å². The van der Waals surface area contributed by atoms with E-state index in [9.17, 15) is 14.7 Å².